The molecule has 0 atom stereocenters. The van der Waals surface area contributed by atoms with Crippen molar-refractivity contribution < 1.29 is 0 Å². The minimum atomic E-state index is -0.0410. The van der Waals surface area contributed by atoms with Gasteiger partial charge in [0.1, 0.15) is 0 Å². The van der Waals surface area contributed by atoms with Crippen molar-refractivity contribution in [2.75, 3.05) is 0 Å². The largest absolute Gasteiger partial charge is 0.386 e. The first kappa shape index (κ1) is 9.38. The minimum absolute atomic E-state index is 0.0410. The predicted octanol–water partition coefficient (Wildman–Crippen LogP) is -1.03. The maximum atomic E-state index is 3.46. The fourth-order valence-corrected chi connectivity index (χ4v) is 3.15. The number of hydrogen-bond acceptors (Lipinski definition) is 3. The average Bonchev–Trinajstić information content (AvgIpc) is 1.85. The normalized spacial score (nSPS) is 22.4. The first-order valence-corrected chi connectivity index (χ1v) is 6.47. The molecular formula is C4H16B3N3Si. The summed E-state index contributed by atoms with van der Waals surface area (Å²) in [6, 6.07) is 0. The van der Waals surface area contributed by atoms with Gasteiger partial charge in [0, 0.05) is 0 Å². The SMILES string of the molecule is C[SiH2]N1B(C)NB(C)NB1C. The van der Waals surface area contributed by atoms with Crippen molar-refractivity contribution in [3.63, 3.8) is 0 Å². The first-order valence-electron chi connectivity index (χ1n) is 4.43. The molecule has 2 N–H and O–H groups in total. The zero-order chi connectivity index (χ0) is 8.43. The van der Waals surface area contributed by atoms with Crippen molar-refractivity contribution in [1.29, 1.82) is 0 Å². The van der Waals surface area contributed by atoms with Crippen LogP contribution < -0.4 is 10.3 Å². The summed E-state index contributed by atoms with van der Waals surface area (Å²) in [5.41, 5.74) is 0. The Bertz CT molecular complexity index is 126. The molecule has 1 heterocycles. The summed E-state index contributed by atoms with van der Waals surface area (Å²) in [4.78, 5) is 0. The van der Waals surface area contributed by atoms with Crippen LogP contribution in [0.15, 0.2) is 0 Å². The van der Waals surface area contributed by atoms with Gasteiger partial charge in [-0.3, -0.25) is 0 Å². The highest BCUT2D eigenvalue weighted by Crippen LogP contribution is 1.98. The van der Waals surface area contributed by atoms with Crippen molar-refractivity contribution >= 4 is 30.6 Å². The van der Waals surface area contributed by atoms with Crippen molar-refractivity contribution in [3.05, 3.63) is 0 Å². The molecule has 0 spiro atoms. The zero-order valence-electron chi connectivity index (χ0n) is 7.89. The number of nitrogens with one attached hydrogen (secondary N) is 2. The Balaban J connectivity index is 2.52. The van der Waals surface area contributed by atoms with E-state index in [-0.39, 0.29) is 9.68 Å². The Morgan fingerprint density at radius 3 is 1.91 bits per heavy atom. The second-order valence-corrected chi connectivity index (χ2v) is 4.60. The summed E-state index contributed by atoms with van der Waals surface area (Å²) < 4.78 is 2.53. The van der Waals surface area contributed by atoms with Crippen LogP contribution in [0.4, 0.5) is 0 Å². The monoisotopic (exact) mass is 167 g/mol. The molecule has 0 aromatic carbocycles. The van der Waals surface area contributed by atoms with Crippen LogP contribution in [0.2, 0.25) is 27.0 Å². The summed E-state index contributed by atoms with van der Waals surface area (Å²) in [7, 11) is -0.0410. The molecule has 7 heteroatoms. The highest BCUT2D eigenvalue weighted by Gasteiger charge is 2.32. The third kappa shape index (κ3) is 2.11. The summed E-state index contributed by atoms with van der Waals surface area (Å²) in [5, 5.41) is 6.92. The Labute approximate surface area is 72.9 Å². The van der Waals surface area contributed by atoms with Crippen LogP contribution in [-0.4, -0.2) is 35.0 Å². The van der Waals surface area contributed by atoms with Gasteiger partial charge in [0.15, 0.2) is 0 Å². The van der Waals surface area contributed by atoms with E-state index in [1.807, 2.05) is 0 Å². The molecule has 3 nitrogen and oxygen atoms in total. The fraction of sp³-hybridized carbons (Fsp3) is 1.00. The van der Waals surface area contributed by atoms with Crippen LogP contribution in [-0.2, 0) is 0 Å². The van der Waals surface area contributed by atoms with Gasteiger partial charge in [0.05, 0.1) is 9.68 Å². The second kappa shape index (κ2) is 3.80. The first-order chi connectivity index (χ1) is 5.15. The summed E-state index contributed by atoms with van der Waals surface area (Å²) in [6.45, 7) is 10.5. The van der Waals surface area contributed by atoms with Gasteiger partial charge in [-0.25, -0.2) is 0 Å². The number of nitrogens with zero attached hydrogens (tertiary/aromatic N) is 1. The molecule has 0 amide bonds. The maximum Gasteiger partial charge on any atom is 0.281 e. The second-order valence-electron chi connectivity index (χ2n) is 3.24. The number of rotatable bonds is 1. The Kier molecular flexibility index (Phi) is 3.24. The molecule has 1 aliphatic heterocycles. The molecule has 1 aliphatic rings. The van der Waals surface area contributed by atoms with Gasteiger partial charge in [-0.2, -0.15) is 0 Å². The molecular weight excluding hydrogens is 151 g/mol. The zero-order valence-corrected chi connectivity index (χ0v) is 9.30. The molecule has 0 radical (unpaired) electrons. The summed E-state index contributed by atoms with van der Waals surface area (Å²) in [5.74, 6) is 0. The highest BCUT2D eigenvalue weighted by atomic mass is 28.2. The van der Waals surface area contributed by atoms with Crippen molar-refractivity contribution in [2.24, 2.45) is 0 Å². The standard InChI is InChI=1S/C4H16B3N3Si/c1-5-8-6(2)10(11-4)7(3)9-5/h8-9H,11H2,1-4H3. The Morgan fingerprint density at radius 1 is 1.09 bits per heavy atom. The molecule has 60 valence electrons. The summed E-state index contributed by atoms with van der Waals surface area (Å²) >= 11 is 0. The quantitative estimate of drug-likeness (QED) is 0.488. The highest BCUT2D eigenvalue weighted by molar-refractivity contribution is 6.90. The molecule has 0 bridgehead atoms. The Morgan fingerprint density at radius 2 is 1.55 bits per heavy atom. The van der Waals surface area contributed by atoms with E-state index in [9.17, 15) is 0 Å². The average molecular weight is 167 g/mol. The van der Waals surface area contributed by atoms with Crippen molar-refractivity contribution in [3.8, 4) is 0 Å². The van der Waals surface area contributed by atoms with Gasteiger partial charge < -0.3 is 14.7 Å². The van der Waals surface area contributed by atoms with Gasteiger partial charge in [0.25, 0.3) is 20.9 Å². The van der Waals surface area contributed by atoms with E-state index < -0.39 is 0 Å². The topological polar surface area (TPSA) is 27.3 Å². The molecule has 1 rings (SSSR count). The van der Waals surface area contributed by atoms with Crippen LogP contribution in [0.1, 0.15) is 0 Å². The molecule has 0 aromatic rings. The lowest BCUT2D eigenvalue weighted by Crippen LogP contribution is -2.73. The fourth-order valence-electron chi connectivity index (χ4n) is 1.85. The third-order valence-corrected chi connectivity index (χ3v) is 4.17. The van der Waals surface area contributed by atoms with Crippen molar-refractivity contribution in [1.82, 2.24) is 14.7 Å². The van der Waals surface area contributed by atoms with E-state index in [1.54, 1.807) is 0 Å². The predicted molar refractivity (Wildman–Crippen MR) is 57.4 cm³/mol. The lowest BCUT2D eigenvalue weighted by atomic mass is 9.52. The van der Waals surface area contributed by atoms with Gasteiger partial charge in [-0.15, -0.1) is 0 Å². The molecule has 0 saturated carbocycles. The van der Waals surface area contributed by atoms with Crippen molar-refractivity contribution in [2.45, 2.75) is 27.0 Å². The van der Waals surface area contributed by atoms with E-state index in [2.05, 4.69) is 41.7 Å². The Hall–Kier alpha value is 0.292. The summed E-state index contributed by atoms with van der Waals surface area (Å²) in [6.07, 6.45) is 0. The van der Waals surface area contributed by atoms with Crippen LogP contribution >= 0.6 is 0 Å². The van der Waals surface area contributed by atoms with Gasteiger partial charge in [-0.05, 0) is 0 Å². The van der Waals surface area contributed by atoms with E-state index in [1.165, 1.54) is 0 Å². The molecule has 0 unspecified atom stereocenters. The molecule has 0 aromatic heterocycles. The van der Waals surface area contributed by atoms with E-state index in [0.717, 1.165) is 0 Å². The third-order valence-electron chi connectivity index (χ3n) is 2.34. The lowest BCUT2D eigenvalue weighted by Gasteiger charge is -2.38. The van der Waals surface area contributed by atoms with Gasteiger partial charge in [0.2, 0.25) is 0 Å². The smallest absolute Gasteiger partial charge is 0.281 e. The number of hydrogen-bond donors (Lipinski definition) is 2. The molecule has 0 aliphatic carbocycles. The van der Waals surface area contributed by atoms with Gasteiger partial charge in [-0.1, -0.05) is 27.0 Å². The minimum Gasteiger partial charge on any atom is -0.386 e. The van der Waals surface area contributed by atoms with Crippen LogP contribution in [0.3, 0.4) is 0 Å². The van der Waals surface area contributed by atoms with Crippen LogP contribution in [0, 0.1) is 0 Å². The molecule has 1 fully saturated rings. The lowest BCUT2D eigenvalue weighted by molar-refractivity contribution is 0.931. The molecule has 1 saturated heterocycles. The van der Waals surface area contributed by atoms with Gasteiger partial charge >= 0.3 is 0 Å². The van der Waals surface area contributed by atoms with E-state index in [0.29, 0.717) is 20.9 Å². The van der Waals surface area contributed by atoms with Crippen LogP contribution in [0.5, 0.6) is 0 Å². The van der Waals surface area contributed by atoms with E-state index >= 15 is 0 Å². The maximum absolute atomic E-state index is 3.46. The molecule has 11 heavy (non-hydrogen) atoms. The van der Waals surface area contributed by atoms with Crippen LogP contribution in [0.25, 0.3) is 0 Å². The van der Waals surface area contributed by atoms with E-state index in [4.69, 9.17) is 0 Å².